The number of hydrogen-bond donors (Lipinski definition) is 2. The predicted octanol–water partition coefficient (Wildman–Crippen LogP) is 4.24. The van der Waals surface area contributed by atoms with Gasteiger partial charge in [0.05, 0.1) is 52.7 Å². The summed E-state index contributed by atoms with van der Waals surface area (Å²) < 4.78 is 44.3. The van der Waals surface area contributed by atoms with Gasteiger partial charge in [-0.1, -0.05) is 6.07 Å². The number of halogens is 3. The molecule has 240 valence electrons. The summed E-state index contributed by atoms with van der Waals surface area (Å²) in [6.07, 6.45) is -0.801. The van der Waals surface area contributed by atoms with E-state index < -0.39 is 23.5 Å². The lowest BCUT2D eigenvalue weighted by Gasteiger charge is -2.30. The van der Waals surface area contributed by atoms with Crippen molar-refractivity contribution >= 4 is 11.9 Å². The Morgan fingerprint density at radius 1 is 1.00 bits per heavy atom. The molecule has 14 heteroatoms. The van der Waals surface area contributed by atoms with Crippen LogP contribution in [-0.2, 0) is 11.0 Å². The maximum Gasteiger partial charge on any atom is 0.416 e. The molecule has 0 unspecified atom stereocenters. The second kappa shape index (κ2) is 13.1. The minimum absolute atomic E-state index is 0.0371. The van der Waals surface area contributed by atoms with Crippen molar-refractivity contribution in [3.8, 4) is 28.8 Å². The Morgan fingerprint density at radius 3 is 2.26 bits per heavy atom. The first-order valence-corrected chi connectivity index (χ1v) is 14.7. The molecule has 46 heavy (non-hydrogen) atoms. The lowest BCUT2D eigenvalue weighted by atomic mass is 9.91. The molecule has 1 saturated carbocycles. The Hall–Kier alpha value is -5.16. The van der Waals surface area contributed by atoms with Crippen LogP contribution < -0.4 is 16.3 Å². The van der Waals surface area contributed by atoms with Crippen LogP contribution in [0.25, 0.3) is 22.8 Å². The Bertz CT molecular complexity index is 1840. The van der Waals surface area contributed by atoms with E-state index in [1.165, 1.54) is 23.0 Å². The van der Waals surface area contributed by atoms with Gasteiger partial charge in [0.15, 0.2) is 0 Å². The lowest BCUT2D eigenvalue weighted by Crippen LogP contribution is -2.47. The van der Waals surface area contributed by atoms with Gasteiger partial charge in [-0.3, -0.25) is 9.36 Å². The quantitative estimate of drug-likeness (QED) is 0.313. The molecule has 2 heterocycles. The van der Waals surface area contributed by atoms with E-state index >= 15 is 0 Å². The average molecular weight is 635 g/mol. The highest BCUT2D eigenvalue weighted by Crippen LogP contribution is 2.32. The number of aromatic nitrogens is 4. The van der Waals surface area contributed by atoms with Crippen molar-refractivity contribution in [1.29, 1.82) is 5.26 Å². The Kier molecular flexibility index (Phi) is 9.15. The normalized spacial score (nSPS) is 16.7. The van der Waals surface area contributed by atoms with Crippen molar-refractivity contribution in [2.24, 2.45) is 0 Å². The van der Waals surface area contributed by atoms with Gasteiger partial charge in [0.1, 0.15) is 5.69 Å². The van der Waals surface area contributed by atoms with Crippen LogP contribution in [0.1, 0.15) is 42.5 Å². The van der Waals surface area contributed by atoms with Crippen LogP contribution in [0.5, 0.6) is 0 Å². The number of carbonyl (C=O) groups excluding carboxylic acids is 2. The summed E-state index contributed by atoms with van der Waals surface area (Å²) in [5.74, 6) is -0.0843. The Morgan fingerprint density at radius 2 is 1.65 bits per heavy atom. The highest BCUT2D eigenvalue weighted by atomic mass is 19.4. The second-order valence-electron chi connectivity index (χ2n) is 11.5. The molecule has 2 aromatic heterocycles. The van der Waals surface area contributed by atoms with Gasteiger partial charge in [-0.15, -0.1) is 0 Å². The van der Waals surface area contributed by atoms with Gasteiger partial charge < -0.3 is 15.5 Å². The number of amides is 2. The molecule has 2 N–H and O–H groups in total. The molecule has 5 rings (SSSR count). The fourth-order valence-corrected chi connectivity index (χ4v) is 5.77. The zero-order valence-corrected chi connectivity index (χ0v) is 25.5. The van der Waals surface area contributed by atoms with E-state index in [1.807, 2.05) is 20.2 Å². The SMILES string of the molecule is Cc1c(-c2ccnn2-c2ccc(C#N)cc2)n(C(=O)N[C@H]2CC[C@H](NC(=O)CN(C)C)CC2)c(=O)n1-c1cccc(C(F)(F)F)c1. The average Bonchev–Trinajstić information content (AvgIpc) is 3.59. The Labute approximate surface area is 262 Å². The van der Waals surface area contributed by atoms with E-state index in [2.05, 4.69) is 15.7 Å². The zero-order valence-electron chi connectivity index (χ0n) is 25.5. The number of rotatable bonds is 7. The number of benzene rings is 2. The fourth-order valence-electron chi connectivity index (χ4n) is 5.77. The largest absolute Gasteiger partial charge is 0.416 e. The van der Waals surface area contributed by atoms with Crippen LogP contribution in [0.4, 0.5) is 18.0 Å². The van der Waals surface area contributed by atoms with Crippen LogP contribution >= 0.6 is 0 Å². The number of nitrogens with one attached hydrogen (secondary N) is 2. The topological polar surface area (TPSA) is 130 Å². The number of alkyl halides is 3. The lowest BCUT2D eigenvalue weighted by molar-refractivity contribution is -0.137. The number of nitrogens with zero attached hydrogens (tertiary/aromatic N) is 6. The molecule has 0 saturated heterocycles. The minimum Gasteiger partial charge on any atom is -0.352 e. The molecule has 0 spiro atoms. The molecule has 1 fully saturated rings. The monoisotopic (exact) mass is 634 g/mol. The first-order chi connectivity index (χ1) is 21.9. The van der Waals surface area contributed by atoms with Gasteiger partial charge in [0.25, 0.3) is 0 Å². The molecule has 11 nitrogen and oxygen atoms in total. The second-order valence-corrected chi connectivity index (χ2v) is 11.5. The van der Waals surface area contributed by atoms with Crippen molar-refractivity contribution < 1.29 is 22.8 Å². The van der Waals surface area contributed by atoms with Crippen LogP contribution in [0.3, 0.4) is 0 Å². The predicted molar refractivity (Wildman–Crippen MR) is 164 cm³/mol. The van der Waals surface area contributed by atoms with Crippen LogP contribution in [0, 0.1) is 18.3 Å². The maximum atomic E-state index is 14.0. The van der Waals surface area contributed by atoms with Gasteiger partial charge >= 0.3 is 17.9 Å². The molecule has 4 aromatic rings. The summed E-state index contributed by atoms with van der Waals surface area (Å²) in [6.45, 7) is 1.82. The number of carbonyl (C=O) groups is 2. The molecular weight excluding hydrogens is 601 g/mol. The highest BCUT2D eigenvalue weighted by Gasteiger charge is 2.33. The molecule has 0 bridgehead atoms. The van der Waals surface area contributed by atoms with E-state index in [-0.39, 0.29) is 41.6 Å². The smallest absolute Gasteiger partial charge is 0.352 e. The van der Waals surface area contributed by atoms with E-state index in [1.54, 1.807) is 42.2 Å². The molecule has 2 aromatic carbocycles. The summed E-state index contributed by atoms with van der Waals surface area (Å²) in [5.41, 5.74) is -0.162. The standard InChI is InChI=1S/C32H33F3N8O3/c1-20-29(27-15-16-37-43(27)25-13-7-21(18-36)8-14-25)42(31(46)41(20)26-6-4-5-22(17-26)32(33,34)35)30(45)39-24-11-9-23(10-12-24)38-28(44)19-40(2)3/h4-8,13-17,23-24H,9-12,19H2,1-3H3,(H,38,44)(H,39,45)/t23-,24-. The molecule has 1 aliphatic rings. The van der Waals surface area contributed by atoms with Gasteiger partial charge in [0.2, 0.25) is 5.91 Å². The fraction of sp³-hybridized carbons (Fsp3) is 0.344. The molecule has 0 atom stereocenters. The number of imidazole rings is 1. The number of nitriles is 1. The maximum absolute atomic E-state index is 14.0. The van der Waals surface area contributed by atoms with Gasteiger partial charge in [-0.05, 0) is 95.2 Å². The first kappa shape index (κ1) is 32.2. The van der Waals surface area contributed by atoms with E-state index in [9.17, 15) is 32.8 Å². The Balaban J connectivity index is 1.52. The molecule has 0 radical (unpaired) electrons. The third kappa shape index (κ3) is 6.74. The van der Waals surface area contributed by atoms with Crippen molar-refractivity contribution in [3.63, 3.8) is 0 Å². The van der Waals surface area contributed by atoms with E-state index in [4.69, 9.17) is 0 Å². The van der Waals surface area contributed by atoms with Gasteiger partial charge in [-0.2, -0.15) is 23.5 Å². The molecule has 2 amide bonds. The van der Waals surface area contributed by atoms with Crippen LogP contribution in [0.15, 0.2) is 65.6 Å². The molecule has 0 aliphatic heterocycles. The van der Waals surface area contributed by atoms with Gasteiger partial charge in [-0.25, -0.2) is 18.8 Å². The first-order valence-electron chi connectivity index (χ1n) is 14.7. The van der Waals surface area contributed by atoms with E-state index in [0.29, 0.717) is 42.6 Å². The van der Waals surface area contributed by atoms with Crippen LogP contribution in [0.2, 0.25) is 0 Å². The minimum atomic E-state index is -4.64. The third-order valence-corrected chi connectivity index (χ3v) is 7.93. The number of likely N-dealkylation sites (N-methyl/N-ethyl adjacent to an activating group) is 1. The summed E-state index contributed by atoms with van der Waals surface area (Å²) in [4.78, 5) is 41.9. The summed E-state index contributed by atoms with van der Waals surface area (Å²) >= 11 is 0. The molecular formula is C32H33F3N8O3. The highest BCUT2D eigenvalue weighted by molar-refractivity contribution is 5.83. The summed E-state index contributed by atoms with van der Waals surface area (Å²) in [6, 6.07) is 13.4. The van der Waals surface area contributed by atoms with Crippen molar-refractivity contribution in [1.82, 2.24) is 34.4 Å². The molecule has 1 aliphatic carbocycles. The van der Waals surface area contributed by atoms with Gasteiger partial charge in [0, 0.05) is 12.1 Å². The van der Waals surface area contributed by atoms with Crippen molar-refractivity contribution in [3.05, 3.63) is 88.1 Å². The third-order valence-electron chi connectivity index (χ3n) is 7.93. The van der Waals surface area contributed by atoms with Crippen molar-refractivity contribution in [2.75, 3.05) is 20.6 Å². The summed E-state index contributed by atoms with van der Waals surface area (Å²) in [5, 5.41) is 19.5. The van der Waals surface area contributed by atoms with E-state index in [0.717, 1.165) is 21.3 Å². The zero-order chi connectivity index (χ0) is 33.2. The van der Waals surface area contributed by atoms with Crippen LogP contribution in [-0.4, -0.2) is 68.5 Å². The summed E-state index contributed by atoms with van der Waals surface area (Å²) in [7, 11) is 3.61. The number of hydrogen-bond acceptors (Lipinski definition) is 6. The van der Waals surface area contributed by atoms with Crippen molar-refractivity contribution in [2.45, 2.75) is 50.9 Å².